The number of carbonyl (C=O) groups excluding carboxylic acids is 1. The molecule has 1 aliphatic rings. The van der Waals surface area contributed by atoms with Crippen LogP contribution in [0.3, 0.4) is 0 Å². The summed E-state index contributed by atoms with van der Waals surface area (Å²) in [5.41, 5.74) is -0.360. The van der Waals surface area contributed by atoms with Crippen molar-refractivity contribution in [1.29, 1.82) is 0 Å². The van der Waals surface area contributed by atoms with Crippen LogP contribution in [0.4, 0.5) is 0 Å². The Morgan fingerprint density at radius 2 is 2.22 bits per heavy atom. The first-order valence-electron chi connectivity index (χ1n) is 3.10. The Kier molecular flexibility index (Phi) is 1.78. The predicted molar refractivity (Wildman–Crippen MR) is 36.5 cm³/mol. The van der Waals surface area contributed by atoms with E-state index in [-0.39, 0.29) is 10.8 Å². The van der Waals surface area contributed by atoms with Crippen molar-refractivity contribution in [3.8, 4) is 0 Å². The highest BCUT2D eigenvalue weighted by Crippen LogP contribution is 2.33. The predicted octanol–water partition coefficient (Wildman–Crippen LogP) is 0.894. The van der Waals surface area contributed by atoms with Gasteiger partial charge in [-0.05, 0) is 37.9 Å². The summed E-state index contributed by atoms with van der Waals surface area (Å²) in [5.74, 6) is 0. The molecule has 2 nitrogen and oxygen atoms in total. The van der Waals surface area contributed by atoms with Gasteiger partial charge < -0.3 is 5.32 Å². The van der Waals surface area contributed by atoms with Crippen molar-refractivity contribution < 1.29 is 4.79 Å². The fraction of sp³-hybridized carbons (Fsp3) is 0.833. The molecule has 1 fully saturated rings. The largest absolute Gasteiger partial charge is 0.307 e. The molecule has 0 aliphatic heterocycles. The molecule has 0 atom stereocenters. The van der Waals surface area contributed by atoms with Crippen LogP contribution in [0.5, 0.6) is 0 Å². The third-order valence-corrected chi connectivity index (χ3v) is 2.42. The van der Waals surface area contributed by atoms with Crippen molar-refractivity contribution in [2.24, 2.45) is 0 Å². The fourth-order valence-corrected chi connectivity index (χ4v) is 1.36. The van der Waals surface area contributed by atoms with Crippen LogP contribution in [0, 0.1) is 0 Å². The molecular formula is C6H10ClNO. The molecule has 0 saturated heterocycles. The molecule has 0 unspecified atom stereocenters. The molecule has 9 heavy (non-hydrogen) atoms. The van der Waals surface area contributed by atoms with Crippen LogP contribution in [0.15, 0.2) is 0 Å². The summed E-state index contributed by atoms with van der Waals surface area (Å²) in [6, 6.07) is 0. The highest BCUT2D eigenvalue weighted by molar-refractivity contribution is 6.65. The minimum Gasteiger partial charge on any atom is -0.307 e. The fourth-order valence-electron chi connectivity index (χ4n) is 1.08. The lowest BCUT2D eigenvalue weighted by Crippen LogP contribution is -2.53. The van der Waals surface area contributed by atoms with Crippen molar-refractivity contribution in [2.75, 3.05) is 7.05 Å². The number of likely N-dealkylation sites (N-methyl/N-ethyl adjacent to an activating group) is 1. The Morgan fingerprint density at radius 1 is 1.67 bits per heavy atom. The first-order valence-corrected chi connectivity index (χ1v) is 3.48. The van der Waals surface area contributed by atoms with Gasteiger partial charge in [-0.15, -0.1) is 0 Å². The molecule has 0 aromatic carbocycles. The van der Waals surface area contributed by atoms with Gasteiger partial charge >= 0.3 is 0 Å². The first-order chi connectivity index (χ1) is 4.21. The van der Waals surface area contributed by atoms with Gasteiger partial charge in [0, 0.05) is 0 Å². The molecule has 1 rings (SSSR count). The van der Waals surface area contributed by atoms with E-state index in [0.29, 0.717) is 0 Å². The number of hydrogen-bond acceptors (Lipinski definition) is 2. The standard InChI is InChI=1S/C6H10ClNO/c1-8-6(5(7)9)3-2-4-6/h8H,2-4H2,1H3. The third-order valence-electron chi connectivity index (χ3n) is 2.06. The van der Waals surface area contributed by atoms with Gasteiger partial charge in [-0.2, -0.15) is 0 Å². The van der Waals surface area contributed by atoms with Crippen LogP contribution in [-0.2, 0) is 4.79 Å². The molecule has 1 aliphatic carbocycles. The zero-order chi connectivity index (χ0) is 6.91. The minimum absolute atomic E-state index is 0.240. The highest BCUT2D eigenvalue weighted by Gasteiger charge is 2.41. The van der Waals surface area contributed by atoms with Crippen LogP contribution in [0.1, 0.15) is 19.3 Å². The van der Waals surface area contributed by atoms with Crippen molar-refractivity contribution >= 4 is 16.8 Å². The average molecular weight is 148 g/mol. The van der Waals surface area contributed by atoms with Crippen molar-refractivity contribution in [3.05, 3.63) is 0 Å². The SMILES string of the molecule is CNC1(C(=O)Cl)CCC1. The van der Waals surface area contributed by atoms with Crippen LogP contribution in [0.2, 0.25) is 0 Å². The van der Waals surface area contributed by atoms with Crippen molar-refractivity contribution in [1.82, 2.24) is 5.32 Å². The third kappa shape index (κ3) is 0.970. The highest BCUT2D eigenvalue weighted by atomic mass is 35.5. The minimum atomic E-state index is -0.360. The van der Waals surface area contributed by atoms with E-state index >= 15 is 0 Å². The molecule has 0 radical (unpaired) electrons. The molecule has 52 valence electrons. The molecule has 0 bridgehead atoms. The van der Waals surface area contributed by atoms with Gasteiger partial charge in [0.1, 0.15) is 0 Å². The molecule has 1 saturated carbocycles. The van der Waals surface area contributed by atoms with Gasteiger partial charge in [-0.3, -0.25) is 4.79 Å². The number of nitrogens with one attached hydrogen (secondary N) is 1. The lowest BCUT2D eigenvalue weighted by Gasteiger charge is -2.37. The summed E-state index contributed by atoms with van der Waals surface area (Å²) in [7, 11) is 1.78. The Morgan fingerprint density at radius 3 is 2.22 bits per heavy atom. The first kappa shape index (κ1) is 7.03. The van der Waals surface area contributed by atoms with Crippen LogP contribution in [0.25, 0.3) is 0 Å². The van der Waals surface area contributed by atoms with Gasteiger partial charge in [0.05, 0.1) is 5.54 Å². The molecule has 1 N–H and O–H groups in total. The van der Waals surface area contributed by atoms with Crippen molar-refractivity contribution in [3.63, 3.8) is 0 Å². The monoisotopic (exact) mass is 147 g/mol. The maximum absolute atomic E-state index is 10.7. The second-order valence-electron chi connectivity index (χ2n) is 2.46. The Hall–Kier alpha value is -0.0800. The Bertz CT molecular complexity index is 126. The second-order valence-corrected chi connectivity index (χ2v) is 2.80. The van der Waals surface area contributed by atoms with Gasteiger partial charge in [0.15, 0.2) is 0 Å². The summed E-state index contributed by atoms with van der Waals surface area (Å²) in [6.07, 6.45) is 2.90. The molecule has 0 spiro atoms. The summed E-state index contributed by atoms with van der Waals surface area (Å²) in [4.78, 5) is 10.7. The van der Waals surface area contributed by atoms with E-state index in [9.17, 15) is 4.79 Å². The molecule has 0 amide bonds. The van der Waals surface area contributed by atoms with E-state index in [1.165, 1.54) is 0 Å². The maximum Gasteiger partial charge on any atom is 0.241 e. The van der Waals surface area contributed by atoms with Gasteiger partial charge in [-0.1, -0.05) is 0 Å². The van der Waals surface area contributed by atoms with E-state index in [0.717, 1.165) is 19.3 Å². The maximum atomic E-state index is 10.7. The van der Waals surface area contributed by atoms with E-state index in [2.05, 4.69) is 5.32 Å². The molecule has 0 heterocycles. The van der Waals surface area contributed by atoms with Crippen LogP contribution < -0.4 is 5.32 Å². The Labute approximate surface area is 59.6 Å². The van der Waals surface area contributed by atoms with Gasteiger partial charge in [-0.25, -0.2) is 0 Å². The van der Waals surface area contributed by atoms with Gasteiger partial charge in [0.25, 0.3) is 0 Å². The number of hydrogen-bond donors (Lipinski definition) is 1. The van der Waals surface area contributed by atoms with E-state index in [1.807, 2.05) is 0 Å². The number of carbonyl (C=O) groups is 1. The zero-order valence-electron chi connectivity index (χ0n) is 5.41. The smallest absolute Gasteiger partial charge is 0.241 e. The summed E-state index contributed by atoms with van der Waals surface area (Å²) < 4.78 is 0. The molecular weight excluding hydrogens is 138 g/mol. The van der Waals surface area contributed by atoms with Crippen LogP contribution >= 0.6 is 11.6 Å². The zero-order valence-corrected chi connectivity index (χ0v) is 6.16. The summed E-state index contributed by atoms with van der Waals surface area (Å²) >= 11 is 5.34. The molecule has 3 heteroatoms. The molecule has 0 aromatic rings. The van der Waals surface area contributed by atoms with E-state index < -0.39 is 0 Å². The quantitative estimate of drug-likeness (QED) is 0.588. The summed E-state index contributed by atoms with van der Waals surface area (Å²) in [6.45, 7) is 0. The average Bonchev–Trinajstić information content (AvgIpc) is 1.62. The Balaban J connectivity index is 2.57. The lowest BCUT2D eigenvalue weighted by atomic mass is 9.78. The number of rotatable bonds is 2. The number of halogens is 1. The topological polar surface area (TPSA) is 29.1 Å². The normalized spacial score (nSPS) is 22.9. The second kappa shape index (κ2) is 2.27. The van der Waals surface area contributed by atoms with E-state index in [1.54, 1.807) is 7.05 Å². The molecule has 0 aromatic heterocycles. The summed E-state index contributed by atoms with van der Waals surface area (Å²) in [5, 5.41) is 2.69. The van der Waals surface area contributed by atoms with Crippen LogP contribution in [-0.4, -0.2) is 17.8 Å². The van der Waals surface area contributed by atoms with Gasteiger partial charge in [0.2, 0.25) is 5.24 Å². The van der Waals surface area contributed by atoms with E-state index in [4.69, 9.17) is 11.6 Å². The van der Waals surface area contributed by atoms with Crippen molar-refractivity contribution in [2.45, 2.75) is 24.8 Å². The lowest BCUT2D eigenvalue weighted by molar-refractivity contribution is -0.120.